The molecule has 0 spiro atoms. The highest BCUT2D eigenvalue weighted by Crippen LogP contribution is 2.47. The Morgan fingerprint density at radius 3 is 2.19 bits per heavy atom. The molecule has 94 valence electrons. The zero-order valence-electron chi connectivity index (χ0n) is 10.9. The van der Waals surface area contributed by atoms with Gasteiger partial charge in [-0.3, -0.25) is 9.59 Å². The van der Waals surface area contributed by atoms with Gasteiger partial charge in [-0.2, -0.15) is 0 Å². The van der Waals surface area contributed by atoms with Crippen molar-refractivity contribution in [3.8, 4) is 11.1 Å². The minimum atomic E-state index is -0.0523. The summed E-state index contributed by atoms with van der Waals surface area (Å²) >= 11 is 0. The first-order valence-corrected chi connectivity index (χ1v) is 6.76. The van der Waals surface area contributed by atoms with E-state index in [0.717, 1.165) is 21.9 Å². The Bertz CT molecular complexity index is 1030. The third-order valence-corrected chi connectivity index (χ3v) is 4.43. The molecule has 3 heteroatoms. The third kappa shape index (κ3) is 1.12. The summed E-state index contributed by atoms with van der Waals surface area (Å²) in [7, 11) is 5.88. The zero-order chi connectivity index (χ0) is 14.3. The van der Waals surface area contributed by atoms with E-state index >= 15 is 0 Å². The summed E-state index contributed by atoms with van der Waals surface area (Å²) in [5, 5.41) is 1.88. The van der Waals surface area contributed by atoms with Gasteiger partial charge < -0.3 is 0 Å². The fraction of sp³-hybridized carbons (Fsp3) is 0. The molecule has 0 saturated heterocycles. The molecule has 0 heterocycles. The molecule has 0 fully saturated rings. The number of carbonyl (C=O) groups is 2. The molecule has 0 atom stereocenters. The van der Waals surface area contributed by atoms with Crippen molar-refractivity contribution in [2.45, 2.75) is 0 Å². The predicted molar refractivity (Wildman–Crippen MR) is 81.6 cm³/mol. The summed E-state index contributed by atoms with van der Waals surface area (Å²) in [6.07, 6.45) is 0. The molecule has 3 aromatic carbocycles. The Balaban J connectivity index is 2.15. The molecule has 5 rings (SSSR count). The third-order valence-electron chi connectivity index (χ3n) is 4.43. The van der Waals surface area contributed by atoms with Gasteiger partial charge in [-0.1, -0.05) is 41.9 Å². The van der Waals surface area contributed by atoms with E-state index in [0.29, 0.717) is 27.7 Å². The van der Waals surface area contributed by atoms with Crippen LogP contribution in [0.5, 0.6) is 0 Å². The van der Waals surface area contributed by atoms with Crippen LogP contribution in [0.4, 0.5) is 0 Å². The maximum absolute atomic E-state index is 12.8. The SMILES string of the molecule is [B]c1cc2c3c(c1)C(=O)c1cccc4ccc(c-3c14)C2=O. The van der Waals surface area contributed by atoms with Crippen molar-refractivity contribution >= 4 is 35.6 Å². The van der Waals surface area contributed by atoms with E-state index in [1.54, 1.807) is 12.1 Å². The molecule has 3 aromatic rings. The van der Waals surface area contributed by atoms with Crippen molar-refractivity contribution in [3.63, 3.8) is 0 Å². The highest BCUT2D eigenvalue weighted by molar-refractivity contribution is 6.39. The van der Waals surface area contributed by atoms with Gasteiger partial charge in [0.1, 0.15) is 7.85 Å². The molecule has 0 saturated carbocycles. The number of ketones is 2. The van der Waals surface area contributed by atoms with Crippen LogP contribution in [0.2, 0.25) is 0 Å². The molecule has 0 unspecified atom stereocenters. The maximum atomic E-state index is 12.8. The average Bonchev–Trinajstić information content (AvgIpc) is 2.78. The van der Waals surface area contributed by atoms with Gasteiger partial charge in [-0.25, -0.2) is 0 Å². The van der Waals surface area contributed by atoms with Gasteiger partial charge in [0.25, 0.3) is 0 Å². The molecule has 0 N–H and O–H groups in total. The lowest BCUT2D eigenvalue weighted by molar-refractivity contribution is 0.103. The fourth-order valence-electron chi connectivity index (χ4n) is 3.60. The van der Waals surface area contributed by atoms with Crippen molar-refractivity contribution in [1.82, 2.24) is 0 Å². The minimum Gasteiger partial charge on any atom is -0.289 e. The molecule has 21 heavy (non-hydrogen) atoms. The quantitative estimate of drug-likeness (QED) is 0.403. The average molecular weight is 266 g/mol. The van der Waals surface area contributed by atoms with E-state index in [9.17, 15) is 9.59 Å². The maximum Gasteiger partial charge on any atom is 0.194 e. The topological polar surface area (TPSA) is 34.1 Å². The number of carbonyl (C=O) groups excluding carboxylic acids is 2. The summed E-state index contributed by atoms with van der Waals surface area (Å²) in [6.45, 7) is 0. The lowest BCUT2D eigenvalue weighted by Gasteiger charge is -2.19. The van der Waals surface area contributed by atoms with Crippen LogP contribution in [-0.2, 0) is 0 Å². The summed E-state index contributed by atoms with van der Waals surface area (Å²) in [4.78, 5) is 25.4. The van der Waals surface area contributed by atoms with E-state index in [2.05, 4.69) is 0 Å². The Morgan fingerprint density at radius 1 is 0.714 bits per heavy atom. The second-order valence-corrected chi connectivity index (χ2v) is 5.54. The largest absolute Gasteiger partial charge is 0.289 e. The monoisotopic (exact) mass is 266 g/mol. The first-order chi connectivity index (χ1) is 10.2. The van der Waals surface area contributed by atoms with Crippen LogP contribution in [0.1, 0.15) is 31.8 Å². The van der Waals surface area contributed by atoms with E-state index in [4.69, 9.17) is 7.85 Å². The van der Waals surface area contributed by atoms with Crippen molar-refractivity contribution in [3.05, 3.63) is 64.7 Å². The van der Waals surface area contributed by atoms with Crippen molar-refractivity contribution < 1.29 is 9.59 Å². The standard InChI is InChI=1S/C18H7BO2/c19-9-6-12-15-13(7-9)18(21)11-5-4-8-2-1-3-10(17(12)20)14(8)16(11)15/h1-7H. The van der Waals surface area contributed by atoms with Crippen LogP contribution in [0.15, 0.2) is 42.5 Å². The summed E-state index contributed by atoms with van der Waals surface area (Å²) < 4.78 is 0. The first-order valence-electron chi connectivity index (χ1n) is 6.76. The highest BCUT2D eigenvalue weighted by Gasteiger charge is 2.36. The highest BCUT2D eigenvalue weighted by atomic mass is 16.1. The molecule has 0 aliphatic heterocycles. The van der Waals surface area contributed by atoms with Crippen molar-refractivity contribution in [2.75, 3.05) is 0 Å². The summed E-state index contributed by atoms with van der Waals surface area (Å²) in [6, 6.07) is 12.8. The summed E-state index contributed by atoms with van der Waals surface area (Å²) in [5.74, 6) is -0.0940. The first kappa shape index (κ1) is 11.0. The molecule has 2 aliphatic carbocycles. The Hall–Kier alpha value is -2.68. The van der Waals surface area contributed by atoms with Gasteiger partial charge in [-0.15, -0.1) is 0 Å². The van der Waals surface area contributed by atoms with Gasteiger partial charge in [0.15, 0.2) is 11.6 Å². The van der Waals surface area contributed by atoms with Crippen molar-refractivity contribution in [2.24, 2.45) is 0 Å². The fourth-order valence-corrected chi connectivity index (χ4v) is 3.60. The molecule has 2 aliphatic rings. The number of rotatable bonds is 0. The predicted octanol–water partition coefficient (Wildman–Crippen LogP) is 2.39. The summed E-state index contributed by atoms with van der Waals surface area (Å²) in [5.41, 5.74) is 4.54. The van der Waals surface area contributed by atoms with E-state index in [-0.39, 0.29) is 11.6 Å². The van der Waals surface area contributed by atoms with Crippen LogP contribution in [-0.4, -0.2) is 19.4 Å². The van der Waals surface area contributed by atoms with Crippen LogP contribution in [0.25, 0.3) is 21.9 Å². The molecule has 0 bridgehead atoms. The van der Waals surface area contributed by atoms with Gasteiger partial charge in [-0.05, 0) is 11.5 Å². The van der Waals surface area contributed by atoms with Crippen LogP contribution >= 0.6 is 0 Å². The van der Waals surface area contributed by atoms with E-state index < -0.39 is 0 Å². The van der Waals surface area contributed by atoms with E-state index in [1.165, 1.54) is 0 Å². The number of benzene rings is 3. The Labute approximate surface area is 121 Å². The molecule has 2 radical (unpaired) electrons. The molecular weight excluding hydrogens is 259 g/mol. The lowest BCUT2D eigenvalue weighted by atomic mass is 9.80. The Kier molecular flexibility index (Phi) is 1.74. The van der Waals surface area contributed by atoms with Gasteiger partial charge in [0.2, 0.25) is 0 Å². The van der Waals surface area contributed by atoms with Gasteiger partial charge >= 0.3 is 0 Å². The van der Waals surface area contributed by atoms with Crippen LogP contribution in [0, 0.1) is 0 Å². The molecular formula is C18H7BO2. The van der Waals surface area contributed by atoms with Crippen LogP contribution < -0.4 is 5.46 Å². The van der Waals surface area contributed by atoms with Gasteiger partial charge in [0.05, 0.1) is 0 Å². The smallest absolute Gasteiger partial charge is 0.194 e. The number of hydrogen-bond donors (Lipinski definition) is 0. The van der Waals surface area contributed by atoms with Crippen molar-refractivity contribution in [1.29, 1.82) is 0 Å². The van der Waals surface area contributed by atoms with Gasteiger partial charge in [0, 0.05) is 38.8 Å². The number of hydrogen-bond acceptors (Lipinski definition) is 2. The molecule has 0 aromatic heterocycles. The normalized spacial score (nSPS) is 14.1. The van der Waals surface area contributed by atoms with E-state index in [1.807, 2.05) is 30.3 Å². The Morgan fingerprint density at radius 2 is 1.43 bits per heavy atom. The molecule has 0 amide bonds. The minimum absolute atomic E-state index is 0.0417. The lowest BCUT2D eigenvalue weighted by Crippen LogP contribution is -2.15. The zero-order valence-corrected chi connectivity index (χ0v) is 10.9. The second-order valence-electron chi connectivity index (χ2n) is 5.54. The molecule has 2 nitrogen and oxygen atoms in total. The second kappa shape index (κ2) is 3.31. The van der Waals surface area contributed by atoms with Crippen LogP contribution in [0.3, 0.4) is 0 Å².